The number of β-amino-alcohol motifs (C(OH)–C–C–N with tert-alkyl or cyclic N) is 1. The van der Waals surface area contributed by atoms with Gasteiger partial charge < -0.3 is 20.4 Å². The summed E-state index contributed by atoms with van der Waals surface area (Å²) in [6, 6.07) is 9.84. The van der Waals surface area contributed by atoms with Gasteiger partial charge in [0.25, 0.3) is 0 Å². The van der Waals surface area contributed by atoms with Gasteiger partial charge in [-0.25, -0.2) is 15.0 Å². The molecule has 1 saturated carbocycles. The van der Waals surface area contributed by atoms with Crippen LogP contribution in [0, 0.1) is 12.8 Å². The van der Waals surface area contributed by atoms with Gasteiger partial charge in [0.1, 0.15) is 11.6 Å². The van der Waals surface area contributed by atoms with Crippen LogP contribution in [-0.4, -0.2) is 61.3 Å². The third-order valence-corrected chi connectivity index (χ3v) is 8.16. The normalized spacial score (nSPS) is 24.8. The van der Waals surface area contributed by atoms with Crippen LogP contribution in [0.4, 0.5) is 11.6 Å². The van der Waals surface area contributed by atoms with Crippen molar-refractivity contribution in [2.24, 2.45) is 5.92 Å². The molecule has 0 aromatic carbocycles. The number of piperidine rings is 1. The maximum absolute atomic E-state index is 12.9. The Labute approximate surface area is 209 Å². The predicted octanol–water partition coefficient (Wildman–Crippen LogP) is 3.88. The molecule has 2 fully saturated rings. The first-order chi connectivity index (χ1) is 17.0. The largest absolute Gasteiger partial charge is 0.390 e. The van der Waals surface area contributed by atoms with Crippen molar-refractivity contribution < 1.29 is 15.0 Å². The molecule has 0 radical (unpaired) electrons. The number of carbonyl (C=O) groups is 1. The lowest BCUT2D eigenvalue weighted by Crippen LogP contribution is -2.50. The van der Waals surface area contributed by atoms with Gasteiger partial charge in [0.2, 0.25) is 5.91 Å². The molecular weight excluding hydrogens is 462 g/mol. The Hall–Kier alpha value is -2.88. The van der Waals surface area contributed by atoms with Gasteiger partial charge in [0.05, 0.1) is 27.8 Å². The van der Waals surface area contributed by atoms with Crippen molar-refractivity contribution >= 4 is 28.9 Å². The fourth-order valence-electron chi connectivity index (χ4n) is 4.94. The van der Waals surface area contributed by atoms with E-state index in [1.54, 1.807) is 22.4 Å². The molecule has 1 amide bonds. The molecule has 3 aromatic rings. The molecule has 2 atom stereocenters. The lowest BCUT2D eigenvalue weighted by molar-refractivity contribution is -0.143. The summed E-state index contributed by atoms with van der Waals surface area (Å²) in [6.07, 6.45) is 6.06. The first-order valence-corrected chi connectivity index (χ1v) is 13.1. The summed E-state index contributed by atoms with van der Waals surface area (Å²) in [5.41, 5.74) is 2.01. The Morgan fingerprint density at radius 1 is 1.06 bits per heavy atom. The van der Waals surface area contributed by atoms with Crippen molar-refractivity contribution in [3.8, 4) is 10.6 Å². The first-order valence-electron chi connectivity index (χ1n) is 12.2. The van der Waals surface area contributed by atoms with E-state index >= 15 is 0 Å². The number of amides is 1. The van der Waals surface area contributed by atoms with Crippen LogP contribution in [0.1, 0.15) is 48.6 Å². The van der Waals surface area contributed by atoms with Crippen molar-refractivity contribution in [2.75, 3.05) is 18.4 Å². The molecule has 5 rings (SSSR count). The molecule has 0 unspecified atom stereocenters. The Balaban J connectivity index is 1.20. The van der Waals surface area contributed by atoms with Crippen LogP contribution in [0.25, 0.3) is 10.6 Å². The number of anilines is 2. The van der Waals surface area contributed by atoms with E-state index in [1.807, 2.05) is 43.5 Å². The molecule has 9 heteroatoms. The van der Waals surface area contributed by atoms with E-state index in [-0.39, 0.29) is 18.4 Å². The van der Waals surface area contributed by atoms with Crippen LogP contribution in [0.2, 0.25) is 0 Å². The standard InChI is InChI=1S/C26H31N5O3S/c1-16-9-11-27-24(13-16)30-23-4-2-3-19(29-23)22-14-28-25(35-22)17-5-7-18(8-6-17)26(34)31-12-10-20(32)21(33)15-31/h2-4,9,11,13-14,17-18,20-21,32-33H,5-8,10,12,15H2,1H3,(H,27,29,30)/t17-,18-,20-,21+/m0/s1. The second-order valence-corrected chi connectivity index (χ2v) is 10.6. The summed E-state index contributed by atoms with van der Waals surface area (Å²) in [5, 5.41) is 24.0. The number of rotatable bonds is 5. The van der Waals surface area contributed by atoms with Gasteiger partial charge in [-0.1, -0.05) is 6.07 Å². The molecule has 35 heavy (non-hydrogen) atoms. The van der Waals surface area contributed by atoms with Crippen LogP contribution in [0.5, 0.6) is 0 Å². The Morgan fingerprint density at radius 2 is 1.89 bits per heavy atom. The number of aliphatic hydroxyl groups is 2. The lowest BCUT2D eigenvalue weighted by atomic mass is 9.81. The lowest BCUT2D eigenvalue weighted by Gasteiger charge is -2.37. The van der Waals surface area contributed by atoms with Crippen LogP contribution >= 0.6 is 11.3 Å². The van der Waals surface area contributed by atoms with Crippen LogP contribution in [0.3, 0.4) is 0 Å². The molecule has 0 spiro atoms. The molecule has 1 aliphatic carbocycles. The number of aryl methyl sites for hydroxylation is 1. The van der Waals surface area contributed by atoms with Crippen molar-refractivity contribution in [3.63, 3.8) is 0 Å². The van der Waals surface area contributed by atoms with E-state index in [1.165, 1.54) is 0 Å². The molecule has 0 bridgehead atoms. The Morgan fingerprint density at radius 3 is 2.66 bits per heavy atom. The van der Waals surface area contributed by atoms with Gasteiger partial charge in [-0.15, -0.1) is 11.3 Å². The van der Waals surface area contributed by atoms with E-state index in [2.05, 4.69) is 10.3 Å². The monoisotopic (exact) mass is 493 g/mol. The molecule has 1 saturated heterocycles. The molecule has 2 aliphatic rings. The van der Waals surface area contributed by atoms with E-state index in [0.29, 0.717) is 18.9 Å². The highest BCUT2D eigenvalue weighted by Gasteiger charge is 2.35. The number of likely N-dealkylation sites (tertiary alicyclic amines) is 1. The van der Waals surface area contributed by atoms with Gasteiger partial charge >= 0.3 is 0 Å². The van der Waals surface area contributed by atoms with Crippen molar-refractivity contribution in [1.82, 2.24) is 19.9 Å². The number of thiazole rings is 1. The maximum atomic E-state index is 12.9. The summed E-state index contributed by atoms with van der Waals surface area (Å²) >= 11 is 1.67. The molecule has 3 aromatic heterocycles. The highest BCUT2D eigenvalue weighted by molar-refractivity contribution is 7.15. The van der Waals surface area contributed by atoms with E-state index in [4.69, 9.17) is 9.97 Å². The van der Waals surface area contributed by atoms with Gasteiger partial charge in [-0.3, -0.25) is 4.79 Å². The molecule has 184 valence electrons. The summed E-state index contributed by atoms with van der Waals surface area (Å²) in [6.45, 7) is 2.78. The third kappa shape index (κ3) is 5.52. The number of aliphatic hydroxyl groups excluding tert-OH is 2. The second-order valence-electron chi connectivity index (χ2n) is 9.57. The number of nitrogens with one attached hydrogen (secondary N) is 1. The van der Waals surface area contributed by atoms with E-state index < -0.39 is 12.2 Å². The number of pyridine rings is 2. The molecular formula is C26H31N5O3S. The van der Waals surface area contributed by atoms with Gasteiger partial charge in [0.15, 0.2) is 0 Å². The zero-order valence-electron chi connectivity index (χ0n) is 19.8. The summed E-state index contributed by atoms with van der Waals surface area (Å²) in [7, 11) is 0. The molecule has 8 nitrogen and oxygen atoms in total. The molecule has 3 N–H and O–H groups in total. The van der Waals surface area contributed by atoms with E-state index in [9.17, 15) is 15.0 Å². The highest BCUT2D eigenvalue weighted by atomic mass is 32.1. The number of aromatic nitrogens is 3. The smallest absolute Gasteiger partial charge is 0.225 e. The molecule has 4 heterocycles. The number of carbonyl (C=O) groups excluding carboxylic acids is 1. The second kappa shape index (κ2) is 10.4. The maximum Gasteiger partial charge on any atom is 0.225 e. The minimum Gasteiger partial charge on any atom is -0.390 e. The predicted molar refractivity (Wildman–Crippen MR) is 136 cm³/mol. The van der Waals surface area contributed by atoms with E-state index in [0.717, 1.165) is 58.5 Å². The zero-order valence-corrected chi connectivity index (χ0v) is 20.6. The van der Waals surface area contributed by atoms with Gasteiger partial charge in [-0.05, 0) is 68.9 Å². The average molecular weight is 494 g/mol. The quantitative estimate of drug-likeness (QED) is 0.495. The fourth-order valence-corrected chi connectivity index (χ4v) is 5.99. The SMILES string of the molecule is Cc1ccnc(Nc2cccc(-c3cnc([C@H]4CC[C@H](C(=O)N5CC[C@H](O)[C@H](O)C5)CC4)s3)n2)c1. The fraction of sp³-hybridized carbons (Fsp3) is 0.462. The summed E-state index contributed by atoms with van der Waals surface area (Å²) in [5.74, 6) is 1.97. The van der Waals surface area contributed by atoms with Crippen molar-refractivity contribution in [2.45, 2.75) is 57.2 Å². The number of hydrogen-bond donors (Lipinski definition) is 3. The number of hydrogen-bond acceptors (Lipinski definition) is 8. The van der Waals surface area contributed by atoms with Crippen LogP contribution in [-0.2, 0) is 4.79 Å². The first kappa shape index (κ1) is 23.8. The number of nitrogens with zero attached hydrogens (tertiary/aromatic N) is 4. The van der Waals surface area contributed by atoms with Gasteiger partial charge in [0, 0.05) is 37.3 Å². The average Bonchev–Trinajstić information content (AvgIpc) is 3.36. The third-order valence-electron chi connectivity index (χ3n) is 6.98. The minimum atomic E-state index is -0.840. The summed E-state index contributed by atoms with van der Waals surface area (Å²) in [4.78, 5) is 29.5. The molecule has 1 aliphatic heterocycles. The highest BCUT2D eigenvalue weighted by Crippen LogP contribution is 2.40. The van der Waals surface area contributed by atoms with Crippen molar-refractivity contribution in [1.29, 1.82) is 0 Å². The topological polar surface area (TPSA) is 111 Å². The van der Waals surface area contributed by atoms with Crippen LogP contribution in [0.15, 0.2) is 42.7 Å². The minimum absolute atomic E-state index is 0.00668. The van der Waals surface area contributed by atoms with Crippen molar-refractivity contribution in [3.05, 3.63) is 53.3 Å². The Kier molecular flexibility index (Phi) is 7.08. The Bertz CT molecular complexity index is 1180. The summed E-state index contributed by atoms with van der Waals surface area (Å²) < 4.78 is 0. The van der Waals surface area contributed by atoms with Gasteiger partial charge in [-0.2, -0.15) is 0 Å². The van der Waals surface area contributed by atoms with Crippen LogP contribution < -0.4 is 5.32 Å². The zero-order chi connectivity index (χ0) is 24.4.